The van der Waals surface area contributed by atoms with Crippen LogP contribution in [0.15, 0.2) is 0 Å². The Balaban J connectivity index is 4.95. The number of aliphatic hydroxyl groups is 1. The molecule has 13 heteroatoms. The predicted octanol–water partition coefficient (Wildman–Crippen LogP) is -3.51. The van der Waals surface area contributed by atoms with Crippen LogP contribution in [0.2, 0.25) is 0 Å². The zero-order valence-electron chi connectivity index (χ0n) is 15.6. The molecule has 0 saturated carbocycles. The molecule has 0 heterocycles. The molecule has 0 aromatic rings. The van der Waals surface area contributed by atoms with E-state index >= 15 is 0 Å². The van der Waals surface area contributed by atoms with E-state index in [9.17, 15) is 24.0 Å². The summed E-state index contributed by atoms with van der Waals surface area (Å²) in [6.07, 6.45) is 1.66. The minimum Gasteiger partial charge on any atom is -0.480 e. The number of aliphatic hydroxyl groups excluding tert-OH is 1. The molecule has 4 amide bonds. The smallest absolute Gasteiger partial charge is 0.328 e. The van der Waals surface area contributed by atoms with Gasteiger partial charge in [0.15, 0.2) is 0 Å². The highest BCUT2D eigenvalue weighted by atomic mass is 32.2. The van der Waals surface area contributed by atoms with Gasteiger partial charge in [-0.25, -0.2) is 4.79 Å². The summed E-state index contributed by atoms with van der Waals surface area (Å²) in [6, 6.07) is -4.99. The van der Waals surface area contributed by atoms with E-state index in [-0.39, 0.29) is 0 Å². The van der Waals surface area contributed by atoms with Crippen molar-refractivity contribution in [1.29, 1.82) is 0 Å². The lowest BCUT2D eigenvalue weighted by Gasteiger charge is -2.22. The molecular formula is C15H27N5O7S. The first-order chi connectivity index (χ1) is 13.0. The second-order valence-corrected chi connectivity index (χ2v) is 6.92. The van der Waals surface area contributed by atoms with Gasteiger partial charge in [0.05, 0.1) is 19.1 Å². The third kappa shape index (κ3) is 9.53. The predicted molar refractivity (Wildman–Crippen MR) is 101 cm³/mol. The molecule has 0 radical (unpaired) electrons. The summed E-state index contributed by atoms with van der Waals surface area (Å²) in [7, 11) is 0. The summed E-state index contributed by atoms with van der Waals surface area (Å²) < 4.78 is 0. The van der Waals surface area contributed by atoms with Gasteiger partial charge in [-0.15, -0.1) is 0 Å². The van der Waals surface area contributed by atoms with Crippen molar-refractivity contribution in [3.63, 3.8) is 0 Å². The molecule has 0 aromatic carbocycles. The summed E-state index contributed by atoms with van der Waals surface area (Å²) in [5.41, 5.74) is 10.8. The standard InChI is InChI=1S/C15H27N5O7S/c1-7(18-13(24)8(16)3-4-28-2)12(23)19-9(5-11(17)22)14(25)20-10(6-21)15(26)27/h7-10,21H,3-6,16H2,1-2H3,(H2,17,22)(H,18,24)(H,19,23)(H,20,25)(H,26,27). The fourth-order valence-corrected chi connectivity index (χ4v) is 2.42. The van der Waals surface area contributed by atoms with E-state index in [1.807, 2.05) is 11.6 Å². The maximum Gasteiger partial charge on any atom is 0.328 e. The number of nitrogens with two attached hydrogens (primary N) is 2. The molecule has 0 saturated heterocycles. The van der Waals surface area contributed by atoms with E-state index in [2.05, 4.69) is 10.6 Å². The van der Waals surface area contributed by atoms with Crippen molar-refractivity contribution in [2.24, 2.45) is 11.5 Å². The van der Waals surface area contributed by atoms with Crippen LogP contribution in [0, 0.1) is 0 Å². The molecule has 0 aromatic heterocycles. The van der Waals surface area contributed by atoms with Crippen molar-refractivity contribution in [1.82, 2.24) is 16.0 Å². The molecule has 12 nitrogen and oxygen atoms in total. The summed E-state index contributed by atoms with van der Waals surface area (Å²) in [5.74, 6) is -4.15. The SMILES string of the molecule is CSCCC(N)C(=O)NC(C)C(=O)NC(CC(N)=O)C(=O)NC(CO)C(=O)O. The molecule has 0 spiro atoms. The van der Waals surface area contributed by atoms with Crippen molar-refractivity contribution in [3.8, 4) is 0 Å². The first kappa shape index (κ1) is 25.6. The van der Waals surface area contributed by atoms with E-state index in [1.165, 1.54) is 18.7 Å². The van der Waals surface area contributed by atoms with Crippen LogP contribution in [0.3, 0.4) is 0 Å². The normalized spacial score (nSPS) is 14.9. The molecule has 28 heavy (non-hydrogen) atoms. The summed E-state index contributed by atoms with van der Waals surface area (Å²) in [5, 5.41) is 24.4. The molecule has 9 N–H and O–H groups in total. The average Bonchev–Trinajstić information content (AvgIpc) is 2.62. The fraction of sp³-hybridized carbons (Fsp3) is 0.667. The van der Waals surface area contributed by atoms with Gasteiger partial charge in [0.25, 0.3) is 0 Å². The molecule has 4 atom stereocenters. The van der Waals surface area contributed by atoms with E-state index in [0.717, 1.165) is 0 Å². The number of rotatable bonds is 13. The van der Waals surface area contributed by atoms with Crippen molar-refractivity contribution >= 4 is 41.4 Å². The number of carboxylic acid groups (broad SMARTS) is 1. The first-order valence-electron chi connectivity index (χ1n) is 8.31. The molecule has 0 bridgehead atoms. The van der Waals surface area contributed by atoms with Gasteiger partial charge in [0, 0.05) is 0 Å². The van der Waals surface area contributed by atoms with Crippen molar-refractivity contribution < 1.29 is 34.2 Å². The van der Waals surface area contributed by atoms with Crippen LogP contribution in [0.1, 0.15) is 19.8 Å². The zero-order chi connectivity index (χ0) is 21.9. The van der Waals surface area contributed by atoms with Crippen molar-refractivity contribution in [2.45, 2.75) is 43.9 Å². The lowest BCUT2D eigenvalue weighted by atomic mass is 10.1. The minimum absolute atomic E-state index is 0.409. The number of carboxylic acids is 1. The van der Waals surface area contributed by atoms with Gasteiger partial charge in [-0.2, -0.15) is 11.8 Å². The molecule has 0 aliphatic rings. The van der Waals surface area contributed by atoms with Gasteiger partial charge < -0.3 is 37.6 Å². The van der Waals surface area contributed by atoms with Crippen molar-refractivity contribution in [3.05, 3.63) is 0 Å². The van der Waals surface area contributed by atoms with E-state index < -0.39 is 66.8 Å². The highest BCUT2D eigenvalue weighted by Gasteiger charge is 2.29. The number of hydrogen-bond acceptors (Lipinski definition) is 8. The summed E-state index contributed by atoms with van der Waals surface area (Å²) in [6.45, 7) is 0.459. The molecular weight excluding hydrogens is 394 g/mol. The van der Waals surface area contributed by atoms with E-state index in [4.69, 9.17) is 21.7 Å². The Morgan fingerprint density at radius 1 is 1.00 bits per heavy atom. The Hall–Kier alpha value is -2.38. The zero-order valence-corrected chi connectivity index (χ0v) is 16.5. The highest BCUT2D eigenvalue weighted by Crippen LogP contribution is 2.00. The van der Waals surface area contributed by atoms with Gasteiger partial charge in [-0.1, -0.05) is 0 Å². The highest BCUT2D eigenvalue weighted by molar-refractivity contribution is 7.98. The minimum atomic E-state index is -1.62. The maximum atomic E-state index is 12.2. The molecule has 0 aliphatic heterocycles. The van der Waals surface area contributed by atoms with Gasteiger partial charge in [-0.3, -0.25) is 19.2 Å². The number of carbonyl (C=O) groups is 5. The number of primary amides is 1. The summed E-state index contributed by atoms with van der Waals surface area (Å²) >= 11 is 1.51. The second kappa shape index (κ2) is 12.9. The number of aliphatic carboxylic acids is 1. The number of amides is 4. The van der Waals surface area contributed by atoms with Crippen LogP contribution >= 0.6 is 11.8 Å². The van der Waals surface area contributed by atoms with Gasteiger partial charge in [0.2, 0.25) is 23.6 Å². The number of nitrogens with one attached hydrogen (secondary N) is 3. The molecule has 0 aliphatic carbocycles. The Morgan fingerprint density at radius 2 is 1.57 bits per heavy atom. The van der Waals surface area contributed by atoms with Crippen LogP contribution in [0.25, 0.3) is 0 Å². The lowest BCUT2D eigenvalue weighted by Crippen LogP contribution is -2.57. The Labute approximate surface area is 166 Å². The van der Waals surface area contributed by atoms with Crippen LogP contribution in [0.4, 0.5) is 0 Å². The monoisotopic (exact) mass is 421 g/mol. The quantitative estimate of drug-likeness (QED) is 0.157. The third-order valence-electron chi connectivity index (χ3n) is 3.56. The van der Waals surface area contributed by atoms with E-state index in [0.29, 0.717) is 12.2 Å². The molecule has 0 rings (SSSR count). The van der Waals surface area contributed by atoms with Gasteiger partial charge in [0.1, 0.15) is 18.1 Å². The largest absolute Gasteiger partial charge is 0.480 e. The number of thioether (sulfide) groups is 1. The molecule has 4 unspecified atom stereocenters. The van der Waals surface area contributed by atoms with Crippen LogP contribution < -0.4 is 27.4 Å². The fourth-order valence-electron chi connectivity index (χ4n) is 1.93. The number of hydrogen-bond donors (Lipinski definition) is 7. The Morgan fingerprint density at radius 3 is 2.04 bits per heavy atom. The summed E-state index contributed by atoms with van der Waals surface area (Å²) in [4.78, 5) is 58.4. The Bertz CT molecular complexity index is 589. The van der Waals surface area contributed by atoms with E-state index in [1.54, 1.807) is 0 Å². The molecule has 0 fully saturated rings. The van der Waals surface area contributed by atoms with Gasteiger partial charge in [-0.05, 0) is 25.4 Å². The van der Waals surface area contributed by atoms with Gasteiger partial charge >= 0.3 is 5.97 Å². The first-order valence-corrected chi connectivity index (χ1v) is 9.70. The maximum absolute atomic E-state index is 12.2. The third-order valence-corrected chi connectivity index (χ3v) is 4.20. The number of carbonyl (C=O) groups excluding carboxylic acids is 4. The average molecular weight is 421 g/mol. The van der Waals surface area contributed by atoms with Crippen LogP contribution in [-0.4, -0.2) is 82.6 Å². The second-order valence-electron chi connectivity index (χ2n) is 5.93. The topological polar surface area (TPSA) is 214 Å². The van der Waals surface area contributed by atoms with Crippen molar-refractivity contribution in [2.75, 3.05) is 18.6 Å². The van der Waals surface area contributed by atoms with Crippen LogP contribution in [0.5, 0.6) is 0 Å². The lowest BCUT2D eigenvalue weighted by molar-refractivity contribution is -0.143. The Kier molecular flexibility index (Phi) is 11.8. The molecule has 160 valence electrons. The van der Waals surface area contributed by atoms with Crippen LogP contribution in [-0.2, 0) is 24.0 Å².